The average molecular weight is 406 g/mol. The number of ether oxygens (including phenoxy) is 1. The van der Waals surface area contributed by atoms with E-state index >= 15 is 0 Å². The Bertz CT molecular complexity index is 740. The number of anilines is 1. The lowest BCUT2D eigenvalue weighted by molar-refractivity contribution is -0.118. The van der Waals surface area contributed by atoms with Gasteiger partial charge in [0.05, 0.1) is 16.5 Å². The Hall–Kier alpha value is -1.48. The van der Waals surface area contributed by atoms with E-state index in [1.54, 1.807) is 17.5 Å². The maximum Gasteiger partial charge on any atom is 0.264 e. The summed E-state index contributed by atoms with van der Waals surface area (Å²) in [6, 6.07) is 4.75. The minimum absolute atomic E-state index is 0.202. The largest absolute Gasteiger partial charge is 0.482 e. The molecule has 2 rings (SSSR count). The van der Waals surface area contributed by atoms with Crippen molar-refractivity contribution in [2.45, 2.75) is 5.75 Å². The van der Waals surface area contributed by atoms with E-state index < -0.39 is 0 Å². The topological polar surface area (TPSA) is 94.3 Å². The van der Waals surface area contributed by atoms with E-state index in [0.717, 1.165) is 5.69 Å². The van der Waals surface area contributed by atoms with Crippen LogP contribution in [0.15, 0.2) is 23.6 Å². The molecule has 0 saturated heterocycles. The van der Waals surface area contributed by atoms with Crippen molar-refractivity contribution in [2.24, 2.45) is 5.73 Å². The van der Waals surface area contributed by atoms with Crippen LogP contribution in [-0.4, -0.2) is 29.2 Å². The molecule has 6 nitrogen and oxygen atoms in total. The van der Waals surface area contributed by atoms with Crippen LogP contribution in [0.5, 0.6) is 5.75 Å². The van der Waals surface area contributed by atoms with Crippen molar-refractivity contribution in [3.63, 3.8) is 0 Å². The van der Waals surface area contributed by atoms with Gasteiger partial charge in [0.15, 0.2) is 11.7 Å². The highest BCUT2D eigenvalue weighted by atomic mass is 35.5. The van der Waals surface area contributed by atoms with Gasteiger partial charge in [-0.05, 0) is 18.2 Å². The number of carbonyl (C=O) groups excluding carboxylic acids is 2. The molecular weight excluding hydrogens is 393 g/mol. The molecule has 2 aromatic rings. The van der Waals surface area contributed by atoms with Crippen LogP contribution in [0, 0.1) is 0 Å². The minimum atomic E-state index is -0.373. The molecule has 0 spiro atoms. The van der Waals surface area contributed by atoms with E-state index in [2.05, 4.69) is 10.3 Å². The van der Waals surface area contributed by atoms with Gasteiger partial charge in [0, 0.05) is 16.2 Å². The Labute approximate surface area is 156 Å². The zero-order valence-electron chi connectivity index (χ0n) is 12.3. The molecule has 1 aromatic carbocycles. The molecular formula is C14H13Cl2N3O3S2. The number of primary amides is 1. The Morgan fingerprint density at radius 3 is 2.88 bits per heavy atom. The molecule has 0 fully saturated rings. The smallest absolute Gasteiger partial charge is 0.264 e. The monoisotopic (exact) mass is 405 g/mol. The first-order chi connectivity index (χ1) is 11.4. The van der Waals surface area contributed by atoms with Gasteiger partial charge in [-0.15, -0.1) is 23.1 Å². The predicted octanol–water partition coefficient (Wildman–Crippen LogP) is 3.19. The third-order valence-corrected chi connectivity index (χ3v) is 4.87. The van der Waals surface area contributed by atoms with Gasteiger partial charge in [-0.25, -0.2) is 4.98 Å². The Morgan fingerprint density at radius 2 is 2.17 bits per heavy atom. The summed E-state index contributed by atoms with van der Waals surface area (Å²) in [5.74, 6) is 0.425. The third kappa shape index (κ3) is 6.20. The van der Waals surface area contributed by atoms with Crippen LogP contribution in [0.2, 0.25) is 10.0 Å². The molecule has 0 unspecified atom stereocenters. The number of thioether (sulfide) groups is 1. The number of hydrogen-bond acceptors (Lipinski definition) is 6. The Balaban J connectivity index is 1.80. The van der Waals surface area contributed by atoms with E-state index in [4.69, 9.17) is 33.7 Å². The summed E-state index contributed by atoms with van der Waals surface area (Å²) in [5.41, 5.74) is 5.83. The van der Waals surface area contributed by atoms with E-state index in [-0.39, 0.29) is 24.2 Å². The first kappa shape index (κ1) is 18.9. The fourth-order valence-electron chi connectivity index (χ4n) is 1.58. The van der Waals surface area contributed by atoms with E-state index in [1.807, 2.05) is 0 Å². The van der Waals surface area contributed by atoms with Gasteiger partial charge in [0.25, 0.3) is 5.91 Å². The lowest BCUT2D eigenvalue weighted by atomic mass is 10.3. The molecule has 0 atom stereocenters. The van der Waals surface area contributed by atoms with E-state index in [9.17, 15) is 9.59 Å². The van der Waals surface area contributed by atoms with Gasteiger partial charge in [-0.1, -0.05) is 23.2 Å². The molecule has 0 radical (unpaired) electrons. The molecule has 3 N–H and O–H groups in total. The average Bonchev–Trinajstić information content (AvgIpc) is 2.93. The van der Waals surface area contributed by atoms with E-state index in [1.165, 1.54) is 29.2 Å². The number of aromatic nitrogens is 1. The summed E-state index contributed by atoms with van der Waals surface area (Å²) in [6.45, 7) is -0.202. The lowest BCUT2D eigenvalue weighted by Gasteiger charge is -2.07. The zero-order valence-corrected chi connectivity index (χ0v) is 15.4. The first-order valence-corrected chi connectivity index (χ1v) is 9.41. The van der Waals surface area contributed by atoms with Crippen LogP contribution in [0.1, 0.15) is 5.69 Å². The molecule has 0 aliphatic heterocycles. The summed E-state index contributed by atoms with van der Waals surface area (Å²) in [6.07, 6.45) is 0. The number of rotatable bonds is 8. The zero-order chi connectivity index (χ0) is 17.5. The van der Waals surface area contributed by atoms with Crippen molar-refractivity contribution in [1.29, 1.82) is 0 Å². The molecule has 0 aliphatic rings. The number of thiazole rings is 1. The fraction of sp³-hybridized carbons (Fsp3) is 0.214. The second-order valence-electron chi connectivity index (χ2n) is 4.51. The number of hydrogen-bond donors (Lipinski definition) is 2. The van der Waals surface area contributed by atoms with Crippen molar-refractivity contribution < 1.29 is 14.3 Å². The van der Waals surface area contributed by atoms with Crippen LogP contribution in [0.4, 0.5) is 5.13 Å². The van der Waals surface area contributed by atoms with Gasteiger partial charge >= 0.3 is 0 Å². The number of carbonyl (C=O) groups is 2. The molecule has 0 aliphatic carbocycles. The summed E-state index contributed by atoms with van der Waals surface area (Å²) in [5, 5.41) is 5.72. The summed E-state index contributed by atoms with van der Waals surface area (Å²) >= 11 is 14.4. The first-order valence-electron chi connectivity index (χ1n) is 6.62. The van der Waals surface area contributed by atoms with Crippen molar-refractivity contribution in [2.75, 3.05) is 17.7 Å². The molecule has 10 heteroatoms. The number of nitrogens with two attached hydrogens (primary N) is 1. The summed E-state index contributed by atoms with van der Waals surface area (Å²) in [7, 11) is 0. The number of halogens is 2. The molecule has 2 amide bonds. The predicted molar refractivity (Wildman–Crippen MR) is 98.1 cm³/mol. The number of nitrogens with zero attached hydrogens (tertiary/aromatic N) is 1. The van der Waals surface area contributed by atoms with Crippen LogP contribution in [0.25, 0.3) is 0 Å². The van der Waals surface area contributed by atoms with Crippen molar-refractivity contribution in [3.05, 3.63) is 39.3 Å². The Kier molecular flexibility index (Phi) is 7.16. The van der Waals surface area contributed by atoms with Gasteiger partial charge in [-0.2, -0.15) is 0 Å². The highest BCUT2D eigenvalue weighted by Crippen LogP contribution is 2.27. The van der Waals surface area contributed by atoms with Crippen LogP contribution < -0.4 is 15.8 Å². The number of benzene rings is 1. The lowest BCUT2D eigenvalue weighted by Crippen LogP contribution is -2.20. The molecule has 0 saturated carbocycles. The minimum Gasteiger partial charge on any atom is -0.482 e. The van der Waals surface area contributed by atoms with Crippen LogP contribution in [0.3, 0.4) is 0 Å². The second-order valence-corrected chi connectivity index (χ2v) is 7.20. The number of amides is 2. The normalized spacial score (nSPS) is 10.4. The molecule has 0 bridgehead atoms. The molecule has 1 heterocycles. The van der Waals surface area contributed by atoms with E-state index in [0.29, 0.717) is 26.7 Å². The molecule has 1 aromatic heterocycles. The van der Waals surface area contributed by atoms with Gasteiger partial charge in [0.1, 0.15) is 5.75 Å². The quantitative estimate of drug-likeness (QED) is 0.702. The maximum absolute atomic E-state index is 11.9. The SMILES string of the molecule is NC(=O)CSCc1csc(NC(=O)COc2ccc(Cl)cc2Cl)n1. The second kappa shape index (κ2) is 9.12. The molecule has 24 heavy (non-hydrogen) atoms. The van der Waals surface area contributed by atoms with Crippen molar-refractivity contribution in [1.82, 2.24) is 4.98 Å². The van der Waals surface area contributed by atoms with Crippen molar-refractivity contribution >= 4 is 63.2 Å². The standard InChI is InChI=1S/C14H13Cl2N3O3S2/c15-8-1-2-11(10(16)3-8)22-4-13(21)19-14-18-9(6-24-14)5-23-7-12(17)20/h1-3,6H,4-5,7H2,(H2,17,20)(H,18,19,21). The molecule has 128 valence electrons. The van der Waals surface area contributed by atoms with Gasteiger partial charge in [0.2, 0.25) is 5.91 Å². The Morgan fingerprint density at radius 1 is 1.38 bits per heavy atom. The highest BCUT2D eigenvalue weighted by molar-refractivity contribution is 7.99. The third-order valence-electron chi connectivity index (χ3n) is 2.55. The van der Waals surface area contributed by atoms with Gasteiger partial charge in [-0.3, -0.25) is 14.9 Å². The maximum atomic E-state index is 11.9. The number of nitrogens with one attached hydrogen (secondary N) is 1. The van der Waals surface area contributed by atoms with Gasteiger partial charge < -0.3 is 10.5 Å². The highest BCUT2D eigenvalue weighted by Gasteiger charge is 2.10. The van der Waals surface area contributed by atoms with Crippen LogP contribution in [-0.2, 0) is 15.3 Å². The summed E-state index contributed by atoms with van der Waals surface area (Å²) < 4.78 is 5.34. The fourth-order valence-corrected chi connectivity index (χ4v) is 3.53. The van der Waals surface area contributed by atoms with Crippen molar-refractivity contribution in [3.8, 4) is 5.75 Å². The summed E-state index contributed by atoms with van der Waals surface area (Å²) in [4.78, 5) is 26.8. The van der Waals surface area contributed by atoms with Crippen LogP contribution >= 0.6 is 46.3 Å².